The van der Waals surface area contributed by atoms with Crippen molar-refractivity contribution in [3.8, 4) is 11.5 Å². The van der Waals surface area contributed by atoms with Crippen molar-refractivity contribution in [3.05, 3.63) is 54.1 Å². The van der Waals surface area contributed by atoms with E-state index < -0.39 is 0 Å². The van der Waals surface area contributed by atoms with Gasteiger partial charge >= 0.3 is 0 Å². The first-order valence-electron chi connectivity index (χ1n) is 7.52. The monoisotopic (exact) mass is 330 g/mol. The maximum absolute atomic E-state index is 5.61. The predicted molar refractivity (Wildman–Crippen MR) is 98.3 cm³/mol. The molecule has 0 amide bonds. The van der Waals surface area contributed by atoms with Crippen molar-refractivity contribution in [1.29, 1.82) is 0 Å². The lowest BCUT2D eigenvalue weighted by molar-refractivity contribution is 0.242. The summed E-state index contributed by atoms with van der Waals surface area (Å²) in [6.07, 6.45) is 0.164. The van der Waals surface area contributed by atoms with Crippen LogP contribution in [0.3, 0.4) is 0 Å². The number of rotatable bonds is 6. The first-order chi connectivity index (χ1) is 11.1. The lowest BCUT2D eigenvalue weighted by Gasteiger charge is -2.13. The Labute approximate surface area is 142 Å². The molecule has 0 unspecified atom stereocenters. The number of nitrogens with one attached hydrogen (secondary N) is 2. The molecule has 4 nitrogen and oxygen atoms in total. The Hall–Kier alpha value is -2.27. The van der Waals surface area contributed by atoms with Crippen LogP contribution in [-0.2, 0) is 6.54 Å². The second-order valence-electron chi connectivity index (χ2n) is 5.31. The zero-order valence-electron chi connectivity index (χ0n) is 13.6. The predicted octanol–water partition coefficient (Wildman–Crippen LogP) is 3.97. The van der Waals surface area contributed by atoms with Crippen LogP contribution >= 0.6 is 12.2 Å². The lowest BCUT2D eigenvalue weighted by atomic mass is 10.2. The van der Waals surface area contributed by atoms with Crippen molar-refractivity contribution in [2.24, 2.45) is 0 Å². The van der Waals surface area contributed by atoms with Crippen LogP contribution in [-0.4, -0.2) is 18.3 Å². The topological polar surface area (TPSA) is 42.5 Å². The highest BCUT2D eigenvalue weighted by Gasteiger charge is 2.03. The summed E-state index contributed by atoms with van der Waals surface area (Å²) in [5, 5.41) is 6.90. The van der Waals surface area contributed by atoms with Crippen LogP contribution < -0.4 is 20.1 Å². The zero-order chi connectivity index (χ0) is 16.7. The molecule has 0 aliphatic rings. The average molecular weight is 330 g/mol. The molecule has 0 atom stereocenters. The molecule has 0 aliphatic heterocycles. The van der Waals surface area contributed by atoms with E-state index in [4.69, 9.17) is 21.7 Å². The first kappa shape index (κ1) is 17.1. The van der Waals surface area contributed by atoms with Crippen LogP contribution in [0.4, 0.5) is 5.69 Å². The highest BCUT2D eigenvalue weighted by Crippen LogP contribution is 2.18. The van der Waals surface area contributed by atoms with Crippen LogP contribution in [0.5, 0.6) is 11.5 Å². The molecule has 0 saturated carbocycles. The van der Waals surface area contributed by atoms with Crippen LogP contribution in [0.15, 0.2) is 48.5 Å². The summed E-state index contributed by atoms with van der Waals surface area (Å²) >= 11 is 5.32. The highest BCUT2D eigenvalue weighted by molar-refractivity contribution is 7.80. The van der Waals surface area contributed by atoms with Gasteiger partial charge in [-0.15, -0.1) is 0 Å². The highest BCUT2D eigenvalue weighted by atomic mass is 32.1. The van der Waals surface area contributed by atoms with Crippen molar-refractivity contribution in [1.82, 2.24) is 5.32 Å². The van der Waals surface area contributed by atoms with Crippen molar-refractivity contribution >= 4 is 23.0 Å². The number of ether oxygens (including phenoxy) is 2. The van der Waals surface area contributed by atoms with E-state index in [9.17, 15) is 0 Å². The molecule has 0 radical (unpaired) electrons. The summed E-state index contributed by atoms with van der Waals surface area (Å²) in [7, 11) is 1.66. The van der Waals surface area contributed by atoms with E-state index in [1.54, 1.807) is 7.11 Å². The molecule has 0 fully saturated rings. The molecule has 23 heavy (non-hydrogen) atoms. The van der Waals surface area contributed by atoms with Gasteiger partial charge in [0.2, 0.25) is 0 Å². The van der Waals surface area contributed by atoms with Gasteiger partial charge in [0.05, 0.1) is 13.2 Å². The fourth-order valence-electron chi connectivity index (χ4n) is 2.09. The van der Waals surface area contributed by atoms with E-state index in [0.717, 1.165) is 22.7 Å². The lowest BCUT2D eigenvalue weighted by Crippen LogP contribution is -2.28. The summed E-state index contributed by atoms with van der Waals surface area (Å²) < 4.78 is 10.9. The Balaban J connectivity index is 1.87. The summed E-state index contributed by atoms with van der Waals surface area (Å²) in [6, 6.07) is 15.6. The summed E-state index contributed by atoms with van der Waals surface area (Å²) in [4.78, 5) is 0. The molecule has 0 aromatic heterocycles. The molecule has 2 rings (SSSR count). The quantitative estimate of drug-likeness (QED) is 0.785. The summed E-state index contributed by atoms with van der Waals surface area (Å²) in [6.45, 7) is 4.61. The van der Waals surface area contributed by atoms with E-state index in [0.29, 0.717) is 11.7 Å². The summed E-state index contributed by atoms with van der Waals surface area (Å²) in [5.74, 6) is 1.69. The molecule has 0 bridgehead atoms. The minimum absolute atomic E-state index is 0.164. The minimum atomic E-state index is 0.164. The van der Waals surface area contributed by atoms with Gasteiger partial charge in [-0.25, -0.2) is 0 Å². The molecule has 0 heterocycles. The van der Waals surface area contributed by atoms with Gasteiger partial charge in [-0.2, -0.15) is 0 Å². The van der Waals surface area contributed by atoms with Gasteiger partial charge in [-0.1, -0.05) is 18.2 Å². The minimum Gasteiger partial charge on any atom is -0.496 e. The van der Waals surface area contributed by atoms with Crippen molar-refractivity contribution in [2.75, 3.05) is 12.4 Å². The van der Waals surface area contributed by atoms with Crippen LogP contribution in [0.25, 0.3) is 0 Å². The Morgan fingerprint density at radius 2 is 1.78 bits per heavy atom. The first-order valence-corrected chi connectivity index (χ1v) is 7.93. The Kier molecular flexibility index (Phi) is 6.23. The smallest absolute Gasteiger partial charge is 0.171 e. The second-order valence-corrected chi connectivity index (χ2v) is 5.72. The van der Waals surface area contributed by atoms with Gasteiger partial charge in [-0.05, 0) is 56.4 Å². The number of thiocarbonyl (C=S) groups is 1. The van der Waals surface area contributed by atoms with Gasteiger partial charge in [-0.3, -0.25) is 0 Å². The fraction of sp³-hybridized carbons (Fsp3) is 0.278. The average Bonchev–Trinajstić information content (AvgIpc) is 2.54. The van der Waals surface area contributed by atoms with Gasteiger partial charge < -0.3 is 20.1 Å². The number of anilines is 1. The fourth-order valence-corrected chi connectivity index (χ4v) is 2.28. The van der Waals surface area contributed by atoms with E-state index in [-0.39, 0.29) is 6.10 Å². The molecule has 122 valence electrons. The molecule has 2 aromatic rings. The molecule has 2 aromatic carbocycles. The van der Waals surface area contributed by atoms with Gasteiger partial charge in [0, 0.05) is 17.8 Å². The SMILES string of the molecule is COc1ccccc1CNC(=S)Nc1ccc(OC(C)C)cc1. The number of hydrogen-bond acceptors (Lipinski definition) is 3. The maximum Gasteiger partial charge on any atom is 0.171 e. The Morgan fingerprint density at radius 1 is 1.09 bits per heavy atom. The number of para-hydroxylation sites is 1. The molecule has 2 N–H and O–H groups in total. The van der Waals surface area contributed by atoms with Crippen molar-refractivity contribution in [2.45, 2.75) is 26.5 Å². The van der Waals surface area contributed by atoms with Gasteiger partial charge in [0.25, 0.3) is 0 Å². The van der Waals surface area contributed by atoms with E-state index >= 15 is 0 Å². The van der Waals surface area contributed by atoms with Gasteiger partial charge in [0.15, 0.2) is 5.11 Å². The Bertz CT molecular complexity index is 642. The number of hydrogen-bond donors (Lipinski definition) is 2. The molecule has 0 saturated heterocycles. The Morgan fingerprint density at radius 3 is 2.43 bits per heavy atom. The third-order valence-electron chi connectivity index (χ3n) is 3.12. The summed E-state index contributed by atoms with van der Waals surface area (Å²) in [5.41, 5.74) is 1.97. The zero-order valence-corrected chi connectivity index (χ0v) is 14.4. The second kappa shape index (κ2) is 8.39. The van der Waals surface area contributed by atoms with E-state index in [1.165, 1.54) is 0 Å². The molecular formula is C18H22N2O2S. The third-order valence-corrected chi connectivity index (χ3v) is 3.36. The molecule has 5 heteroatoms. The number of benzene rings is 2. The molecule has 0 spiro atoms. The van der Waals surface area contributed by atoms with E-state index in [1.807, 2.05) is 62.4 Å². The largest absolute Gasteiger partial charge is 0.496 e. The maximum atomic E-state index is 5.61. The van der Waals surface area contributed by atoms with Crippen molar-refractivity contribution in [3.63, 3.8) is 0 Å². The van der Waals surface area contributed by atoms with Crippen molar-refractivity contribution < 1.29 is 9.47 Å². The molecule has 0 aliphatic carbocycles. The van der Waals surface area contributed by atoms with Crippen LogP contribution in [0.2, 0.25) is 0 Å². The molecular weight excluding hydrogens is 308 g/mol. The van der Waals surface area contributed by atoms with Crippen LogP contribution in [0.1, 0.15) is 19.4 Å². The number of methoxy groups -OCH3 is 1. The van der Waals surface area contributed by atoms with Gasteiger partial charge in [0.1, 0.15) is 11.5 Å². The standard InChI is InChI=1S/C18H22N2O2S/c1-13(2)22-16-10-8-15(9-11-16)20-18(23)19-12-14-6-4-5-7-17(14)21-3/h4-11,13H,12H2,1-3H3,(H2,19,20,23). The van der Waals surface area contributed by atoms with Crippen LogP contribution in [0, 0.1) is 0 Å². The normalized spacial score (nSPS) is 10.3. The third kappa shape index (κ3) is 5.45. The van der Waals surface area contributed by atoms with E-state index in [2.05, 4.69) is 10.6 Å².